The van der Waals surface area contributed by atoms with Crippen molar-refractivity contribution in [2.75, 3.05) is 5.73 Å². The summed E-state index contributed by atoms with van der Waals surface area (Å²) >= 11 is 1.15. The highest BCUT2D eigenvalue weighted by atomic mass is 32.1. The second-order valence-corrected chi connectivity index (χ2v) is 5.83. The van der Waals surface area contributed by atoms with Crippen LogP contribution in [0.2, 0.25) is 0 Å². The van der Waals surface area contributed by atoms with Crippen LogP contribution in [0.3, 0.4) is 0 Å². The van der Waals surface area contributed by atoms with Gasteiger partial charge in [0.05, 0.1) is 27.4 Å². The normalized spacial score (nSPS) is 14.8. The van der Waals surface area contributed by atoms with E-state index in [1.165, 1.54) is 0 Å². The molecule has 0 radical (unpaired) electrons. The van der Waals surface area contributed by atoms with Gasteiger partial charge in [-0.2, -0.15) is 5.26 Å². The maximum Gasteiger partial charge on any atom is 0.260 e. The van der Waals surface area contributed by atoms with E-state index in [0.29, 0.717) is 27.1 Å². The molecular weight excluding hydrogens is 274 g/mol. The van der Waals surface area contributed by atoms with E-state index in [-0.39, 0.29) is 11.0 Å². The van der Waals surface area contributed by atoms with E-state index < -0.39 is 5.91 Å². The molecule has 5 nitrogen and oxygen atoms in total. The molecule has 2 aromatic rings. The van der Waals surface area contributed by atoms with Crippen molar-refractivity contribution in [2.24, 2.45) is 5.73 Å². The number of carbonyl (C=O) groups is 1. The molecule has 0 saturated heterocycles. The molecule has 0 aliphatic heterocycles. The predicted molar refractivity (Wildman–Crippen MR) is 77.7 cm³/mol. The van der Waals surface area contributed by atoms with E-state index in [9.17, 15) is 4.79 Å². The molecule has 1 fully saturated rings. The first-order chi connectivity index (χ1) is 9.61. The minimum Gasteiger partial charge on any atom is -0.490 e. The quantitative estimate of drug-likeness (QED) is 0.904. The summed E-state index contributed by atoms with van der Waals surface area (Å²) in [5.41, 5.74) is 12.1. The fourth-order valence-corrected chi connectivity index (χ4v) is 3.29. The Morgan fingerprint density at radius 1 is 1.45 bits per heavy atom. The molecule has 4 N–H and O–H groups in total. The van der Waals surface area contributed by atoms with Gasteiger partial charge in [-0.15, -0.1) is 11.3 Å². The summed E-state index contributed by atoms with van der Waals surface area (Å²) in [7, 11) is 0. The highest BCUT2D eigenvalue weighted by molar-refractivity contribution is 7.22. The average molecular weight is 287 g/mol. The highest BCUT2D eigenvalue weighted by Crippen LogP contribution is 2.42. The van der Waals surface area contributed by atoms with Crippen molar-refractivity contribution >= 4 is 33.0 Å². The lowest BCUT2D eigenvalue weighted by Gasteiger charge is -2.26. The molecule has 0 spiro atoms. The Morgan fingerprint density at radius 3 is 2.75 bits per heavy atom. The Labute approximate surface area is 119 Å². The van der Waals surface area contributed by atoms with E-state index in [0.717, 1.165) is 30.6 Å². The van der Waals surface area contributed by atoms with Crippen LogP contribution < -0.4 is 16.2 Å². The summed E-state index contributed by atoms with van der Waals surface area (Å²) in [6, 6.07) is 5.54. The van der Waals surface area contributed by atoms with Gasteiger partial charge in [0, 0.05) is 0 Å². The minimum absolute atomic E-state index is 0.197. The molecule has 0 atom stereocenters. The van der Waals surface area contributed by atoms with E-state index >= 15 is 0 Å². The predicted octanol–water partition coefficient (Wildman–Crippen LogP) is 2.39. The summed E-state index contributed by atoms with van der Waals surface area (Å²) in [5.74, 6) is 0.0483. The van der Waals surface area contributed by atoms with Gasteiger partial charge >= 0.3 is 0 Å². The van der Waals surface area contributed by atoms with Gasteiger partial charge in [-0.1, -0.05) is 0 Å². The molecule has 6 heteroatoms. The third-order valence-electron chi connectivity index (χ3n) is 3.53. The van der Waals surface area contributed by atoms with Crippen LogP contribution in [0.25, 0.3) is 10.1 Å². The first kappa shape index (κ1) is 12.8. The number of nitrogen functional groups attached to an aromatic ring is 1. The summed E-state index contributed by atoms with van der Waals surface area (Å²) in [5, 5.41) is 9.80. The average Bonchev–Trinajstić information content (AvgIpc) is 2.72. The zero-order valence-corrected chi connectivity index (χ0v) is 11.5. The molecule has 1 aromatic heterocycles. The van der Waals surface area contributed by atoms with Crippen LogP contribution in [0.4, 0.5) is 5.69 Å². The van der Waals surface area contributed by atoms with Crippen molar-refractivity contribution in [3.8, 4) is 11.8 Å². The maximum absolute atomic E-state index is 11.4. The van der Waals surface area contributed by atoms with Crippen molar-refractivity contribution in [2.45, 2.75) is 25.4 Å². The molecule has 1 saturated carbocycles. The summed E-state index contributed by atoms with van der Waals surface area (Å²) in [6.45, 7) is 0. The molecule has 1 aromatic carbocycles. The van der Waals surface area contributed by atoms with Gasteiger partial charge in [-0.25, -0.2) is 0 Å². The number of hydrogen-bond donors (Lipinski definition) is 2. The second-order valence-electron chi connectivity index (χ2n) is 4.81. The first-order valence-corrected chi connectivity index (χ1v) is 7.15. The number of thiophene rings is 1. The molecule has 0 unspecified atom stereocenters. The third kappa shape index (κ3) is 1.87. The number of nitrogens with two attached hydrogens (primary N) is 2. The Morgan fingerprint density at radius 2 is 2.20 bits per heavy atom. The molecule has 20 heavy (non-hydrogen) atoms. The van der Waals surface area contributed by atoms with Crippen LogP contribution in [0.1, 0.15) is 34.5 Å². The number of anilines is 1. The summed E-state index contributed by atoms with van der Waals surface area (Å²) in [4.78, 5) is 11.7. The maximum atomic E-state index is 11.4. The van der Waals surface area contributed by atoms with Crippen molar-refractivity contribution in [3.63, 3.8) is 0 Å². The zero-order chi connectivity index (χ0) is 14.3. The number of hydrogen-bond acceptors (Lipinski definition) is 5. The molecule has 1 aliphatic rings. The Bertz CT molecular complexity index is 741. The van der Waals surface area contributed by atoms with Gasteiger partial charge in [0.2, 0.25) is 0 Å². The zero-order valence-electron chi connectivity index (χ0n) is 10.7. The minimum atomic E-state index is -0.581. The van der Waals surface area contributed by atoms with Crippen molar-refractivity contribution in [3.05, 3.63) is 22.6 Å². The van der Waals surface area contributed by atoms with Gasteiger partial charge in [-0.05, 0) is 31.4 Å². The van der Waals surface area contributed by atoms with Crippen LogP contribution in [0.15, 0.2) is 12.1 Å². The number of primary amides is 1. The van der Waals surface area contributed by atoms with Crippen LogP contribution in [-0.4, -0.2) is 12.0 Å². The summed E-state index contributed by atoms with van der Waals surface area (Å²) in [6.07, 6.45) is 3.40. The number of nitrogens with zero attached hydrogens (tertiary/aromatic N) is 1. The monoisotopic (exact) mass is 287 g/mol. The number of carbonyl (C=O) groups excluding carboxylic acids is 1. The molecular formula is C14H13N3O2S. The Hall–Kier alpha value is -2.26. The van der Waals surface area contributed by atoms with Gasteiger partial charge < -0.3 is 16.2 Å². The topological polar surface area (TPSA) is 102 Å². The Kier molecular flexibility index (Phi) is 2.99. The van der Waals surface area contributed by atoms with Crippen LogP contribution in [0, 0.1) is 11.3 Å². The number of ether oxygens (including phenoxy) is 1. The van der Waals surface area contributed by atoms with Gasteiger partial charge in [-0.3, -0.25) is 4.79 Å². The van der Waals surface area contributed by atoms with E-state index in [2.05, 4.69) is 6.07 Å². The molecule has 0 bridgehead atoms. The number of amides is 1. The molecule has 102 valence electrons. The van der Waals surface area contributed by atoms with Crippen molar-refractivity contribution in [1.29, 1.82) is 5.26 Å². The molecule has 1 amide bonds. The number of nitriles is 1. The molecule has 1 aliphatic carbocycles. The SMILES string of the molecule is N#Cc1ccc(OC2CCC2)c2c(N)c(C(N)=O)sc12. The molecule has 1 heterocycles. The first-order valence-electron chi connectivity index (χ1n) is 6.33. The number of benzene rings is 1. The second kappa shape index (κ2) is 4.69. The van der Waals surface area contributed by atoms with E-state index in [1.807, 2.05) is 0 Å². The van der Waals surface area contributed by atoms with Crippen LogP contribution in [0.5, 0.6) is 5.75 Å². The van der Waals surface area contributed by atoms with Gasteiger partial charge in [0.25, 0.3) is 5.91 Å². The van der Waals surface area contributed by atoms with Crippen molar-refractivity contribution in [1.82, 2.24) is 0 Å². The lowest BCUT2D eigenvalue weighted by atomic mass is 9.96. The van der Waals surface area contributed by atoms with Gasteiger partial charge in [0.15, 0.2) is 0 Å². The van der Waals surface area contributed by atoms with Crippen LogP contribution in [-0.2, 0) is 0 Å². The van der Waals surface area contributed by atoms with Crippen molar-refractivity contribution < 1.29 is 9.53 Å². The number of fused-ring (bicyclic) bond motifs is 1. The van der Waals surface area contributed by atoms with Crippen LogP contribution >= 0.6 is 11.3 Å². The van der Waals surface area contributed by atoms with Gasteiger partial charge in [0.1, 0.15) is 16.7 Å². The van der Waals surface area contributed by atoms with E-state index in [1.54, 1.807) is 12.1 Å². The molecule has 3 rings (SSSR count). The van der Waals surface area contributed by atoms with E-state index in [4.69, 9.17) is 21.5 Å². The Balaban J connectivity index is 2.20. The fourth-order valence-electron chi connectivity index (χ4n) is 2.23. The largest absolute Gasteiger partial charge is 0.490 e. The summed E-state index contributed by atoms with van der Waals surface area (Å²) < 4.78 is 6.56. The lowest BCUT2D eigenvalue weighted by Crippen LogP contribution is -2.24. The standard InChI is InChI=1S/C14H13N3O2S/c15-6-7-4-5-9(19-8-2-1-3-8)10-11(16)13(14(17)18)20-12(7)10/h4-5,8H,1-3,16H2,(H2,17,18). The smallest absolute Gasteiger partial charge is 0.260 e. The highest BCUT2D eigenvalue weighted by Gasteiger charge is 2.24. The third-order valence-corrected chi connectivity index (χ3v) is 4.78. The lowest BCUT2D eigenvalue weighted by molar-refractivity contribution is 0.100. The number of rotatable bonds is 3. The fraction of sp³-hybridized carbons (Fsp3) is 0.286.